The predicted molar refractivity (Wildman–Crippen MR) is 66.9 cm³/mol. The second-order valence-corrected chi connectivity index (χ2v) is 6.45. The molecule has 2 bridgehead atoms. The first-order valence-electron chi connectivity index (χ1n) is 7.26. The molecule has 1 aliphatic heterocycles. The first kappa shape index (κ1) is 11.7. The molecular formula is C15H18FNO2. The highest BCUT2D eigenvalue weighted by atomic mass is 19.1. The summed E-state index contributed by atoms with van der Waals surface area (Å²) >= 11 is 0. The maximum Gasteiger partial charge on any atom is 0.261 e. The van der Waals surface area contributed by atoms with E-state index in [-0.39, 0.29) is 30.0 Å². The minimum absolute atomic E-state index is 0.0931. The van der Waals surface area contributed by atoms with Crippen LogP contribution in [0.1, 0.15) is 38.5 Å². The van der Waals surface area contributed by atoms with Crippen molar-refractivity contribution in [3.8, 4) is 12.3 Å². The highest BCUT2D eigenvalue weighted by Gasteiger charge is 2.61. The van der Waals surface area contributed by atoms with Gasteiger partial charge in [-0.25, -0.2) is 4.39 Å². The number of likely N-dealkylation sites (tertiary alicyclic amines) is 1. The summed E-state index contributed by atoms with van der Waals surface area (Å²) in [6.45, 7) is 0. The van der Waals surface area contributed by atoms with Crippen LogP contribution in [-0.2, 0) is 9.53 Å². The number of carbonyl (C=O) groups is 1. The second-order valence-electron chi connectivity index (χ2n) is 6.45. The molecule has 1 amide bonds. The van der Waals surface area contributed by atoms with Crippen LogP contribution >= 0.6 is 0 Å². The van der Waals surface area contributed by atoms with Crippen LogP contribution in [0.15, 0.2) is 0 Å². The molecule has 4 atom stereocenters. The number of amides is 1. The van der Waals surface area contributed by atoms with Crippen LogP contribution in [0.25, 0.3) is 0 Å². The van der Waals surface area contributed by atoms with E-state index in [1.54, 1.807) is 4.90 Å². The Morgan fingerprint density at radius 3 is 2.68 bits per heavy atom. The largest absolute Gasteiger partial charge is 0.374 e. The molecule has 1 heterocycles. The van der Waals surface area contributed by atoms with Gasteiger partial charge in [0.25, 0.3) is 5.91 Å². The van der Waals surface area contributed by atoms with Crippen LogP contribution in [0.3, 0.4) is 0 Å². The summed E-state index contributed by atoms with van der Waals surface area (Å²) in [6, 6.07) is -0.168. The fraction of sp³-hybridized carbons (Fsp3) is 0.800. The summed E-state index contributed by atoms with van der Waals surface area (Å²) < 4.78 is 20.0. The Labute approximate surface area is 112 Å². The van der Waals surface area contributed by atoms with Crippen molar-refractivity contribution in [2.24, 2.45) is 5.92 Å². The minimum Gasteiger partial charge on any atom is -0.374 e. The molecule has 19 heavy (non-hydrogen) atoms. The third-order valence-corrected chi connectivity index (χ3v) is 4.99. The normalized spacial score (nSPS) is 42.2. The van der Waals surface area contributed by atoms with Gasteiger partial charge < -0.3 is 9.64 Å². The summed E-state index contributed by atoms with van der Waals surface area (Å²) in [5.74, 6) is 2.55. The maximum atomic E-state index is 14.0. The zero-order valence-electron chi connectivity index (χ0n) is 10.8. The zero-order chi connectivity index (χ0) is 13.2. The van der Waals surface area contributed by atoms with E-state index in [9.17, 15) is 9.18 Å². The number of rotatable bonds is 3. The first-order chi connectivity index (χ1) is 9.12. The Balaban J connectivity index is 1.52. The smallest absolute Gasteiger partial charge is 0.261 e. The average molecular weight is 263 g/mol. The molecule has 4 heteroatoms. The molecule has 4 rings (SSSR count). The van der Waals surface area contributed by atoms with Crippen LogP contribution in [0, 0.1) is 18.3 Å². The third-order valence-electron chi connectivity index (χ3n) is 4.99. The molecule has 0 aromatic carbocycles. The van der Waals surface area contributed by atoms with Gasteiger partial charge in [0.15, 0.2) is 5.67 Å². The minimum atomic E-state index is -1.60. The highest BCUT2D eigenvalue weighted by Crippen LogP contribution is 2.50. The fourth-order valence-corrected chi connectivity index (χ4v) is 3.66. The van der Waals surface area contributed by atoms with E-state index in [0.29, 0.717) is 18.9 Å². The van der Waals surface area contributed by atoms with Gasteiger partial charge in [0.1, 0.15) is 0 Å². The molecule has 0 N–H and O–H groups in total. The third kappa shape index (κ3) is 1.71. The van der Waals surface area contributed by atoms with Crippen molar-refractivity contribution < 1.29 is 13.9 Å². The molecule has 3 aliphatic carbocycles. The number of piperidine rings is 1. The number of nitrogens with zero attached hydrogens (tertiary/aromatic N) is 1. The van der Waals surface area contributed by atoms with E-state index in [1.807, 2.05) is 0 Å². The summed E-state index contributed by atoms with van der Waals surface area (Å²) in [5, 5.41) is 0. The molecule has 4 aliphatic rings. The number of fused-ring (bicyclic) bond motifs is 2. The standard InChI is InChI=1S/C15H18FNO2/c1-2-12-11-7-9(8-13(11)19-10-3-4-10)17(12)14(18)15(16)5-6-15/h1,9-13H,3-8H2/t9-,11-,12+,13+/m1/s1. The van der Waals surface area contributed by atoms with Crippen molar-refractivity contribution in [2.75, 3.05) is 0 Å². The number of terminal acetylenes is 1. The van der Waals surface area contributed by atoms with E-state index in [2.05, 4.69) is 5.92 Å². The summed E-state index contributed by atoms with van der Waals surface area (Å²) in [4.78, 5) is 13.9. The predicted octanol–water partition coefficient (Wildman–Crippen LogP) is 1.66. The van der Waals surface area contributed by atoms with Crippen LogP contribution in [0.5, 0.6) is 0 Å². The first-order valence-corrected chi connectivity index (χ1v) is 7.26. The molecule has 0 spiro atoms. The molecule has 3 saturated carbocycles. The van der Waals surface area contributed by atoms with Gasteiger partial charge in [0.05, 0.1) is 18.2 Å². The summed E-state index contributed by atoms with van der Waals surface area (Å²) in [6.07, 6.45) is 10.9. The number of carbonyl (C=O) groups excluding carboxylic acids is 1. The number of hydrogen-bond acceptors (Lipinski definition) is 2. The number of alkyl halides is 1. The number of halogens is 1. The molecular weight excluding hydrogens is 245 g/mol. The van der Waals surface area contributed by atoms with Gasteiger partial charge >= 0.3 is 0 Å². The van der Waals surface area contributed by atoms with E-state index < -0.39 is 5.67 Å². The van der Waals surface area contributed by atoms with Crippen LogP contribution < -0.4 is 0 Å². The molecule has 0 aromatic heterocycles. The van der Waals surface area contributed by atoms with Crippen molar-refractivity contribution in [1.82, 2.24) is 4.90 Å². The van der Waals surface area contributed by atoms with Gasteiger partial charge in [-0.15, -0.1) is 6.42 Å². The molecule has 1 saturated heterocycles. The van der Waals surface area contributed by atoms with Gasteiger partial charge in [-0.3, -0.25) is 4.79 Å². The van der Waals surface area contributed by atoms with Gasteiger partial charge in [0.2, 0.25) is 0 Å². The Morgan fingerprint density at radius 2 is 2.11 bits per heavy atom. The number of hydrogen-bond donors (Lipinski definition) is 0. The zero-order valence-corrected chi connectivity index (χ0v) is 10.8. The molecule has 3 nitrogen and oxygen atoms in total. The maximum absolute atomic E-state index is 14.0. The number of ether oxygens (including phenoxy) is 1. The summed E-state index contributed by atoms with van der Waals surface area (Å²) in [5.41, 5.74) is -1.60. The van der Waals surface area contributed by atoms with E-state index in [0.717, 1.165) is 25.7 Å². The molecule has 0 aromatic rings. The van der Waals surface area contributed by atoms with E-state index in [4.69, 9.17) is 11.2 Å². The van der Waals surface area contributed by atoms with E-state index in [1.165, 1.54) is 0 Å². The van der Waals surface area contributed by atoms with Crippen molar-refractivity contribution >= 4 is 5.91 Å². The lowest BCUT2D eigenvalue weighted by Crippen LogP contribution is -2.52. The Morgan fingerprint density at radius 1 is 1.37 bits per heavy atom. The van der Waals surface area contributed by atoms with Gasteiger partial charge in [0, 0.05) is 12.0 Å². The molecule has 0 radical (unpaired) electrons. The van der Waals surface area contributed by atoms with Gasteiger partial charge in [-0.2, -0.15) is 0 Å². The Hall–Kier alpha value is -1.08. The Bertz CT molecular complexity index is 463. The van der Waals surface area contributed by atoms with Crippen molar-refractivity contribution in [1.29, 1.82) is 0 Å². The van der Waals surface area contributed by atoms with Crippen LogP contribution in [0.4, 0.5) is 4.39 Å². The van der Waals surface area contributed by atoms with Crippen molar-refractivity contribution in [3.63, 3.8) is 0 Å². The van der Waals surface area contributed by atoms with Gasteiger partial charge in [-0.05, 0) is 38.5 Å². The van der Waals surface area contributed by atoms with E-state index >= 15 is 0 Å². The van der Waals surface area contributed by atoms with Crippen LogP contribution in [0.2, 0.25) is 0 Å². The molecule has 4 fully saturated rings. The van der Waals surface area contributed by atoms with Crippen molar-refractivity contribution in [3.05, 3.63) is 0 Å². The topological polar surface area (TPSA) is 29.5 Å². The lowest BCUT2D eigenvalue weighted by molar-refractivity contribution is -0.143. The monoisotopic (exact) mass is 263 g/mol. The highest BCUT2D eigenvalue weighted by molar-refractivity contribution is 5.89. The summed E-state index contributed by atoms with van der Waals surface area (Å²) in [7, 11) is 0. The molecule has 102 valence electrons. The second kappa shape index (κ2) is 3.73. The van der Waals surface area contributed by atoms with Gasteiger partial charge in [-0.1, -0.05) is 5.92 Å². The lowest BCUT2D eigenvalue weighted by Gasteiger charge is -2.37. The molecule has 0 unspecified atom stereocenters. The van der Waals surface area contributed by atoms with Crippen LogP contribution in [-0.4, -0.2) is 40.8 Å². The lowest BCUT2D eigenvalue weighted by atomic mass is 9.96. The SMILES string of the molecule is C#C[C@H]1[C@H]2C[C@H](C[C@@H]2OC2CC2)N1C(=O)C1(F)CC1. The fourth-order valence-electron chi connectivity index (χ4n) is 3.66. The van der Waals surface area contributed by atoms with Crippen molar-refractivity contribution in [2.45, 2.75) is 68.5 Å². The average Bonchev–Trinajstić information content (AvgIpc) is 3.28. The Kier molecular flexibility index (Phi) is 2.30. The quantitative estimate of drug-likeness (QED) is 0.725.